The van der Waals surface area contributed by atoms with Gasteiger partial charge in [-0.3, -0.25) is 0 Å². The molecule has 1 N–H and O–H groups in total. The molecule has 76 valence electrons. The largest absolute Gasteiger partial charge is 0.496 e. The third kappa shape index (κ3) is 1.40. The summed E-state index contributed by atoms with van der Waals surface area (Å²) in [6.07, 6.45) is 1.60. The van der Waals surface area contributed by atoms with Crippen LogP contribution >= 0.6 is 0 Å². The summed E-state index contributed by atoms with van der Waals surface area (Å²) in [5.41, 5.74) is 2.51. The predicted octanol–water partition coefficient (Wildman–Crippen LogP) is 2.11. The number of methoxy groups -OCH3 is 1. The molecule has 0 bridgehead atoms. The van der Waals surface area contributed by atoms with Crippen molar-refractivity contribution in [3.63, 3.8) is 0 Å². The van der Waals surface area contributed by atoms with Crippen LogP contribution in [0.1, 0.15) is 30.4 Å². The van der Waals surface area contributed by atoms with Gasteiger partial charge in [0.2, 0.25) is 0 Å². The zero-order valence-corrected chi connectivity index (χ0v) is 8.66. The summed E-state index contributed by atoms with van der Waals surface area (Å²) in [5.74, 6) is 1.10. The molecule has 0 saturated heterocycles. The van der Waals surface area contributed by atoms with Crippen molar-refractivity contribution in [3.05, 3.63) is 29.3 Å². The van der Waals surface area contributed by atoms with E-state index < -0.39 is 0 Å². The molecule has 0 spiro atoms. The molecule has 14 heavy (non-hydrogen) atoms. The molecule has 0 aliphatic heterocycles. The maximum absolute atomic E-state index is 9.79. The Morgan fingerprint density at radius 3 is 2.93 bits per heavy atom. The van der Waals surface area contributed by atoms with Gasteiger partial charge in [-0.1, -0.05) is 19.1 Å². The van der Waals surface area contributed by atoms with Gasteiger partial charge in [0, 0.05) is 11.5 Å². The van der Waals surface area contributed by atoms with Crippen LogP contribution in [0.2, 0.25) is 0 Å². The minimum atomic E-state index is -0.223. The summed E-state index contributed by atoms with van der Waals surface area (Å²) in [6, 6.07) is 6.11. The lowest BCUT2D eigenvalue weighted by molar-refractivity contribution is 0.131. The van der Waals surface area contributed by atoms with Gasteiger partial charge in [0.25, 0.3) is 0 Å². The van der Waals surface area contributed by atoms with Gasteiger partial charge in [-0.25, -0.2) is 0 Å². The Morgan fingerprint density at radius 2 is 2.21 bits per heavy atom. The molecule has 1 aliphatic rings. The maximum atomic E-state index is 9.79. The first kappa shape index (κ1) is 9.53. The summed E-state index contributed by atoms with van der Waals surface area (Å²) in [4.78, 5) is 0. The predicted molar refractivity (Wildman–Crippen MR) is 55.7 cm³/mol. The SMILES string of the molecule is COc1cccc2c1[C@@H](C)[C@H](O)CC2. The van der Waals surface area contributed by atoms with Crippen LogP contribution in [-0.2, 0) is 6.42 Å². The summed E-state index contributed by atoms with van der Waals surface area (Å²) < 4.78 is 5.32. The highest BCUT2D eigenvalue weighted by Crippen LogP contribution is 2.37. The van der Waals surface area contributed by atoms with Gasteiger partial charge in [-0.2, -0.15) is 0 Å². The van der Waals surface area contributed by atoms with Crippen LogP contribution in [0.15, 0.2) is 18.2 Å². The smallest absolute Gasteiger partial charge is 0.122 e. The van der Waals surface area contributed by atoms with Crippen molar-refractivity contribution >= 4 is 0 Å². The zero-order valence-electron chi connectivity index (χ0n) is 8.66. The van der Waals surface area contributed by atoms with E-state index in [0.29, 0.717) is 0 Å². The standard InChI is InChI=1S/C12H16O2/c1-8-10(13)7-6-9-4-3-5-11(14-2)12(8)9/h3-5,8,10,13H,6-7H2,1-2H3/t8-,10+/m0/s1. The van der Waals surface area contributed by atoms with E-state index in [1.165, 1.54) is 11.1 Å². The minimum absolute atomic E-state index is 0.190. The van der Waals surface area contributed by atoms with E-state index in [-0.39, 0.29) is 12.0 Å². The fourth-order valence-electron chi connectivity index (χ4n) is 2.25. The molecule has 0 saturated carbocycles. The lowest BCUT2D eigenvalue weighted by Crippen LogP contribution is -2.23. The van der Waals surface area contributed by atoms with Gasteiger partial charge in [0.15, 0.2) is 0 Å². The lowest BCUT2D eigenvalue weighted by atomic mass is 9.81. The molecular formula is C12H16O2. The molecular weight excluding hydrogens is 176 g/mol. The Hall–Kier alpha value is -1.02. The number of benzene rings is 1. The van der Waals surface area contributed by atoms with Crippen molar-refractivity contribution in [2.24, 2.45) is 0 Å². The number of hydrogen-bond donors (Lipinski definition) is 1. The molecule has 1 aromatic rings. The minimum Gasteiger partial charge on any atom is -0.496 e. The molecule has 2 heteroatoms. The van der Waals surface area contributed by atoms with E-state index in [0.717, 1.165) is 18.6 Å². The van der Waals surface area contributed by atoms with Crippen LogP contribution in [0.25, 0.3) is 0 Å². The average molecular weight is 192 g/mol. The monoisotopic (exact) mass is 192 g/mol. The molecule has 1 aliphatic carbocycles. The number of aryl methyl sites for hydroxylation is 1. The number of fused-ring (bicyclic) bond motifs is 1. The number of hydrogen-bond acceptors (Lipinski definition) is 2. The second kappa shape index (κ2) is 3.62. The molecule has 0 fully saturated rings. The Balaban J connectivity index is 2.49. The first-order valence-electron chi connectivity index (χ1n) is 5.08. The third-order valence-corrected chi connectivity index (χ3v) is 3.12. The summed E-state index contributed by atoms with van der Waals surface area (Å²) in [7, 11) is 1.68. The summed E-state index contributed by atoms with van der Waals surface area (Å²) in [6.45, 7) is 2.06. The summed E-state index contributed by atoms with van der Waals surface area (Å²) >= 11 is 0. The van der Waals surface area contributed by atoms with Crippen molar-refractivity contribution in [2.75, 3.05) is 7.11 Å². The molecule has 2 rings (SSSR count). The normalized spacial score (nSPS) is 25.6. The van der Waals surface area contributed by atoms with Crippen LogP contribution in [0.3, 0.4) is 0 Å². The molecule has 1 aromatic carbocycles. The van der Waals surface area contributed by atoms with Crippen LogP contribution in [0, 0.1) is 0 Å². The quantitative estimate of drug-likeness (QED) is 0.738. The Labute approximate surface area is 84.5 Å². The van der Waals surface area contributed by atoms with Gasteiger partial charge in [-0.15, -0.1) is 0 Å². The van der Waals surface area contributed by atoms with Crippen molar-refractivity contribution < 1.29 is 9.84 Å². The maximum Gasteiger partial charge on any atom is 0.122 e. The van der Waals surface area contributed by atoms with Crippen molar-refractivity contribution in [3.8, 4) is 5.75 Å². The fraction of sp³-hybridized carbons (Fsp3) is 0.500. The molecule has 2 nitrogen and oxygen atoms in total. The van der Waals surface area contributed by atoms with Gasteiger partial charge < -0.3 is 9.84 Å². The average Bonchev–Trinajstić information content (AvgIpc) is 2.23. The van der Waals surface area contributed by atoms with E-state index in [9.17, 15) is 5.11 Å². The third-order valence-electron chi connectivity index (χ3n) is 3.12. The van der Waals surface area contributed by atoms with Crippen LogP contribution in [0.5, 0.6) is 5.75 Å². The van der Waals surface area contributed by atoms with Crippen LogP contribution in [-0.4, -0.2) is 18.3 Å². The van der Waals surface area contributed by atoms with E-state index >= 15 is 0 Å². The fourth-order valence-corrected chi connectivity index (χ4v) is 2.25. The van der Waals surface area contributed by atoms with Crippen LogP contribution < -0.4 is 4.74 Å². The summed E-state index contributed by atoms with van der Waals surface area (Å²) in [5, 5.41) is 9.79. The topological polar surface area (TPSA) is 29.5 Å². The number of rotatable bonds is 1. The molecule has 0 heterocycles. The Kier molecular flexibility index (Phi) is 2.46. The van der Waals surface area contributed by atoms with Crippen molar-refractivity contribution in [1.29, 1.82) is 0 Å². The number of ether oxygens (including phenoxy) is 1. The molecule has 0 radical (unpaired) electrons. The van der Waals surface area contributed by atoms with Gasteiger partial charge >= 0.3 is 0 Å². The van der Waals surface area contributed by atoms with E-state index in [2.05, 4.69) is 13.0 Å². The second-order valence-corrected chi connectivity index (χ2v) is 3.93. The highest BCUT2D eigenvalue weighted by molar-refractivity contribution is 5.44. The van der Waals surface area contributed by atoms with E-state index in [1.54, 1.807) is 7.11 Å². The molecule has 0 unspecified atom stereocenters. The van der Waals surface area contributed by atoms with Crippen molar-refractivity contribution in [2.45, 2.75) is 31.8 Å². The Morgan fingerprint density at radius 1 is 1.43 bits per heavy atom. The van der Waals surface area contributed by atoms with Gasteiger partial charge in [0.1, 0.15) is 5.75 Å². The highest BCUT2D eigenvalue weighted by atomic mass is 16.5. The Bertz CT molecular complexity index is 319. The second-order valence-electron chi connectivity index (χ2n) is 3.93. The molecule has 0 amide bonds. The molecule has 2 atom stereocenters. The zero-order chi connectivity index (χ0) is 10.1. The van der Waals surface area contributed by atoms with E-state index in [1.807, 2.05) is 12.1 Å². The number of aliphatic hydroxyl groups excluding tert-OH is 1. The highest BCUT2D eigenvalue weighted by Gasteiger charge is 2.26. The van der Waals surface area contributed by atoms with Crippen molar-refractivity contribution in [1.82, 2.24) is 0 Å². The first-order chi connectivity index (χ1) is 6.74. The lowest BCUT2D eigenvalue weighted by Gasteiger charge is -2.28. The van der Waals surface area contributed by atoms with E-state index in [4.69, 9.17) is 4.74 Å². The molecule has 0 aromatic heterocycles. The van der Waals surface area contributed by atoms with Gasteiger partial charge in [-0.05, 0) is 24.5 Å². The van der Waals surface area contributed by atoms with Crippen LogP contribution in [0.4, 0.5) is 0 Å². The number of aliphatic hydroxyl groups is 1. The van der Waals surface area contributed by atoms with Gasteiger partial charge in [0.05, 0.1) is 13.2 Å². The first-order valence-corrected chi connectivity index (χ1v) is 5.08.